The monoisotopic (exact) mass is 293 g/mol. The van der Waals surface area contributed by atoms with Crippen LogP contribution in [0.15, 0.2) is 24.3 Å². The number of hydrogen-bond acceptors (Lipinski definition) is 3. The summed E-state index contributed by atoms with van der Waals surface area (Å²) in [5, 5.41) is 3.48. The van der Waals surface area contributed by atoms with E-state index in [0.717, 1.165) is 45.0 Å². The Balaban J connectivity index is 1.87. The van der Waals surface area contributed by atoms with Gasteiger partial charge in [-0.1, -0.05) is 20.3 Å². The van der Waals surface area contributed by atoms with Gasteiger partial charge in [0.15, 0.2) is 0 Å². The van der Waals surface area contributed by atoms with Crippen molar-refractivity contribution >= 4 is 5.69 Å². The van der Waals surface area contributed by atoms with E-state index in [1.54, 1.807) is 12.1 Å². The first-order valence-corrected chi connectivity index (χ1v) is 8.19. The summed E-state index contributed by atoms with van der Waals surface area (Å²) in [6, 6.07) is 7.50. The average Bonchev–Trinajstić information content (AvgIpc) is 2.52. The highest BCUT2D eigenvalue weighted by Gasteiger charge is 2.23. The molecule has 1 saturated heterocycles. The van der Waals surface area contributed by atoms with Gasteiger partial charge in [0.1, 0.15) is 5.82 Å². The van der Waals surface area contributed by atoms with E-state index < -0.39 is 0 Å². The molecule has 21 heavy (non-hydrogen) atoms. The van der Waals surface area contributed by atoms with E-state index in [-0.39, 0.29) is 5.82 Å². The van der Waals surface area contributed by atoms with Gasteiger partial charge >= 0.3 is 0 Å². The van der Waals surface area contributed by atoms with E-state index in [2.05, 4.69) is 29.0 Å². The molecule has 4 heteroatoms. The summed E-state index contributed by atoms with van der Waals surface area (Å²) in [7, 11) is 0. The molecule has 1 fully saturated rings. The predicted octanol–water partition coefficient (Wildman–Crippen LogP) is 2.73. The second kappa shape index (κ2) is 8.35. The maximum Gasteiger partial charge on any atom is 0.123 e. The molecule has 0 amide bonds. The summed E-state index contributed by atoms with van der Waals surface area (Å²) in [6.45, 7) is 10.8. The van der Waals surface area contributed by atoms with E-state index in [0.29, 0.717) is 6.04 Å². The van der Waals surface area contributed by atoms with Gasteiger partial charge in [-0.05, 0) is 37.2 Å². The third-order valence-electron chi connectivity index (χ3n) is 4.27. The minimum atomic E-state index is -0.161. The third kappa shape index (κ3) is 4.68. The fourth-order valence-corrected chi connectivity index (χ4v) is 3.06. The summed E-state index contributed by atoms with van der Waals surface area (Å²) < 4.78 is 13.0. The van der Waals surface area contributed by atoms with Crippen LogP contribution >= 0.6 is 0 Å². The zero-order valence-corrected chi connectivity index (χ0v) is 13.3. The number of nitrogens with one attached hydrogen (secondary N) is 1. The Morgan fingerprint density at radius 1 is 1.10 bits per heavy atom. The average molecular weight is 293 g/mol. The summed E-state index contributed by atoms with van der Waals surface area (Å²) in [6.07, 6.45) is 2.48. The lowest BCUT2D eigenvalue weighted by Gasteiger charge is -2.40. The van der Waals surface area contributed by atoms with Crippen LogP contribution in [0.2, 0.25) is 0 Å². The quantitative estimate of drug-likeness (QED) is 0.834. The number of nitrogens with zero attached hydrogens (tertiary/aromatic N) is 2. The maximum atomic E-state index is 13.0. The molecule has 1 aromatic rings. The summed E-state index contributed by atoms with van der Waals surface area (Å²) in [5.74, 6) is -0.161. The lowest BCUT2D eigenvalue weighted by atomic mass is 10.1. The van der Waals surface area contributed by atoms with Gasteiger partial charge in [-0.25, -0.2) is 4.39 Å². The molecule has 118 valence electrons. The van der Waals surface area contributed by atoms with E-state index >= 15 is 0 Å². The first kappa shape index (κ1) is 16.2. The van der Waals surface area contributed by atoms with Crippen molar-refractivity contribution < 1.29 is 4.39 Å². The summed E-state index contributed by atoms with van der Waals surface area (Å²) >= 11 is 0. The van der Waals surface area contributed by atoms with Crippen molar-refractivity contribution in [2.24, 2.45) is 0 Å². The number of anilines is 1. The lowest BCUT2D eigenvalue weighted by molar-refractivity contribution is 0.172. The van der Waals surface area contributed by atoms with Gasteiger partial charge in [0.05, 0.1) is 0 Å². The van der Waals surface area contributed by atoms with Gasteiger partial charge < -0.3 is 10.2 Å². The first-order chi connectivity index (χ1) is 10.2. The zero-order valence-electron chi connectivity index (χ0n) is 13.3. The normalized spacial score (nSPS) is 18.0. The zero-order chi connectivity index (χ0) is 15.1. The second-order valence-electron chi connectivity index (χ2n) is 5.75. The van der Waals surface area contributed by atoms with Crippen LogP contribution in [-0.2, 0) is 0 Å². The minimum Gasteiger partial charge on any atom is -0.369 e. The molecule has 1 aliphatic heterocycles. The molecule has 0 spiro atoms. The molecule has 0 saturated carbocycles. The molecule has 0 aliphatic carbocycles. The van der Waals surface area contributed by atoms with Crippen LogP contribution in [0.25, 0.3) is 0 Å². The molecule has 1 atom stereocenters. The molecule has 0 radical (unpaired) electrons. The van der Waals surface area contributed by atoms with Crippen LogP contribution in [0, 0.1) is 5.82 Å². The molecule has 1 aliphatic rings. The minimum absolute atomic E-state index is 0.161. The van der Waals surface area contributed by atoms with E-state index in [9.17, 15) is 4.39 Å². The SMILES string of the molecule is CCCC(CNCC)N1CCN(c2ccc(F)cc2)CC1. The Morgan fingerprint density at radius 3 is 2.33 bits per heavy atom. The summed E-state index contributed by atoms with van der Waals surface area (Å²) in [5.41, 5.74) is 1.13. The third-order valence-corrected chi connectivity index (χ3v) is 4.27. The number of hydrogen-bond donors (Lipinski definition) is 1. The van der Waals surface area contributed by atoms with Gasteiger partial charge in [0.25, 0.3) is 0 Å². The van der Waals surface area contributed by atoms with E-state index in [1.165, 1.54) is 12.8 Å². The highest BCUT2D eigenvalue weighted by atomic mass is 19.1. The van der Waals surface area contributed by atoms with Crippen LogP contribution < -0.4 is 10.2 Å². The van der Waals surface area contributed by atoms with Crippen LogP contribution in [0.4, 0.5) is 10.1 Å². The Labute approximate surface area is 128 Å². The largest absolute Gasteiger partial charge is 0.369 e. The highest BCUT2D eigenvalue weighted by molar-refractivity contribution is 5.46. The lowest BCUT2D eigenvalue weighted by Crippen LogP contribution is -2.53. The first-order valence-electron chi connectivity index (χ1n) is 8.19. The number of halogens is 1. The Hall–Kier alpha value is -1.13. The molecule has 3 nitrogen and oxygen atoms in total. The Kier molecular flexibility index (Phi) is 6.46. The molecule has 1 aromatic carbocycles. The van der Waals surface area contributed by atoms with Crippen LogP contribution in [0.1, 0.15) is 26.7 Å². The second-order valence-corrected chi connectivity index (χ2v) is 5.75. The smallest absolute Gasteiger partial charge is 0.123 e. The molecule has 0 bridgehead atoms. The molecular formula is C17H28FN3. The van der Waals surface area contributed by atoms with Crippen LogP contribution in [-0.4, -0.2) is 50.2 Å². The molecule has 1 N–H and O–H groups in total. The fourth-order valence-electron chi connectivity index (χ4n) is 3.06. The van der Waals surface area contributed by atoms with E-state index in [4.69, 9.17) is 0 Å². The topological polar surface area (TPSA) is 18.5 Å². The predicted molar refractivity (Wildman–Crippen MR) is 87.4 cm³/mol. The van der Waals surface area contributed by atoms with Gasteiger partial charge in [-0.2, -0.15) is 0 Å². The van der Waals surface area contributed by atoms with Gasteiger partial charge in [0.2, 0.25) is 0 Å². The number of benzene rings is 1. The fraction of sp³-hybridized carbons (Fsp3) is 0.647. The van der Waals surface area contributed by atoms with Gasteiger partial charge in [-0.15, -0.1) is 0 Å². The summed E-state index contributed by atoms with van der Waals surface area (Å²) in [4.78, 5) is 4.96. The van der Waals surface area contributed by atoms with Crippen LogP contribution in [0.5, 0.6) is 0 Å². The van der Waals surface area contributed by atoms with E-state index in [1.807, 2.05) is 12.1 Å². The van der Waals surface area contributed by atoms with Crippen LogP contribution in [0.3, 0.4) is 0 Å². The number of piperazine rings is 1. The van der Waals surface area contributed by atoms with Crippen molar-refractivity contribution in [3.05, 3.63) is 30.1 Å². The molecule has 0 aromatic heterocycles. The van der Waals surface area contributed by atoms with Crippen molar-refractivity contribution in [1.82, 2.24) is 10.2 Å². The molecule has 1 unspecified atom stereocenters. The highest BCUT2D eigenvalue weighted by Crippen LogP contribution is 2.18. The van der Waals surface area contributed by atoms with Crippen molar-refractivity contribution in [3.8, 4) is 0 Å². The molecule has 2 rings (SSSR count). The van der Waals surface area contributed by atoms with Gasteiger partial charge in [0, 0.05) is 44.5 Å². The van der Waals surface area contributed by atoms with Crippen molar-refractivity contribution in [3.63, 3.8) is 0 Å². The standard InChI is InChI=1S/C17H28FN3/c1-3-5-17(14-19-4-2)21-12-10-20(11-13-21)16-8-6-15(18)7-9-16/h6-9,17,19H,3-5,10-14H2,1-2H3. The molecular weight excluding hydrogens is 265 g/mol. The van der Waals surface area contributed by atoms with Gasteiger partial charge in [-0.3, -0.25) is 4.90 Å². The maximum absolute atomic E-state index is 13.0. The Bertz CT molecular complexity index is 399. The van der Waals surface area contributed by atoms with Crippen molar-refractivity contribution in [2.45, 2.75) is 32.7 Å². The number of likely N-dealkylation sites (N-methyl/N-ethyl adjacent to an activating group) is 1. The molecule has 1 heterocycles. The number of rotatable bonds is 7. The van der Waals surface area contributed by atoms with Crippen molar-refractivity contribution in [1.29, 1.82) is 0 Å². The van der Waals surface area contributed by atoms with Crippen molar-refractivity contribution in [2.75, 3.05) is 44.2 Å². The Morgan fingerprint density at radius 2 is 1.76 bits per heavy atom.